The Morgan fingerprint density at radius 3 is 2.11 bits per heavy atom. The van der Waals surface area contributed by atoms with Crippen molar-refractivity contribution in [3.05, 3.63) is 72.3 Å². The number of hydrogen-bond donors (Lipinski definition) is 0. The van der Waals surface area contributed by atoms with E-state index in [4.69, 9.17) is 4.43 Å². The van der Waals surface area contributed by atoms with E-state index in [1.165, 1.54) is 16.8 Å². The van der Waals surface area contributed by atoms with Crippen molar-refractivity contribution in [2.45, 2.75) is 85.1 Å². The normalized spacial score (nSPS) is 30.1. The second-order valence-corrected chi connectivity index (χ2v) is 18.0. The Bertz CT molecular complexity index is 1110. The average Bonchev–Trinajstić information content (AvgIpc) is 3.26. The highest BCUT2D eigenvalue weighted by molar-refractivity contribution is 6.99. The van der Waals surface area contributed by atoms with E-state index in [0.29, 0.717) is 23.5 Å². The highest BCUT2D eigenvalue weighted by Crippen LogP contribution is 2.64. The van der Waals surface area contributed by atoms with Crippen LogP contribution in [0.1, 0.15) is 80.1 Å². The highest BCUT2D eigenvalue weighted by atomic mass is 28.4. The zero-order valence-electron chi connectivity index (χ0n) is 23.8. The molecule has 0 radical (unpaired) electrons. The summed E-state index contributed by atoms with van der Waals surface area (Å²) >= 11 is 0. The molecule has 2 aromatic rings. The molecule has 0 aromatic heterocycles. The molecule has 0 aliphatic heterocycles. The van der Waals surface area contributed by atoms with Gasteiger partial charge in [0.15, 0.2) is 0 Å². The maximum Gasteiger partial charge on any atom is 0.261 e. The van der Waals surface area contributed by atoms with Gasteiger partial charge in [-0.2, -0.15) is 0 Å². The summed E-state index contributed by atoms with van der Waals surface area (Å²) in [5.74, 6) is 1.93. The molecule has 3 aliphatic rings. The molecule has 0 spiro atoms. The fraction of sp³-hybridized carbons (Fsp3) is 0.559. The summed E-state index contributed by atoms with van der Waals surface area (Å²) in [6, 6.07) is 22.1. The SMILES string of the molecule is CC(C)C1=CC[C@]2(CO[Si](c3ccccc3)(c3ccccc3)C(C)(C)C)CC[C@@]3(C)C(=O)CCC[C@@H]3[C@H]12. The van der Waals surface area contributed by atoms with Gasteiger partial charge in [0.05, 0.1) is 0 Å². The molecule has 2 saturated carbocycles. The van der Waals surface area contributed by atoms with Crippen LogP contribution in [0, 0.1) is 28.6 Å². The van der Waals surface area contributed by atoms with E-state index in [-0.39, 0.29) is 15.9 Å². The molecular formula is C34H46O2Si. The summed E-state index contributed by atoms with van der Waals surface area (Å²) in [5, 5.41) is 2.68. The number of carbonyl (C=O) groups excluding carboxylic acids is 1. The second kappa shape index (κ2) is 9.65. The number of rotatable bonds is 6. The predicted molar refractivity (Wildman–Crippen MR) is 157 cm³/mol. The Morgan fingerprint density at radius 2 is 1.57 bits per heavy atom. The van der Waals surface area contributed by atoms with Gasteiger partial charge < -0.3 is 4.43 Å². The van der Waals surface area contributed by atoms with Crippen molar-refractivity contribution in [2.24, 2.45) is 28.6 Å². The van der Waals surface area contributed by atoms with Crippen LogP contribution in [0.5, 0.6) is 0 Å². The molecule has 5 rings (SSSR count). The third-order valence-electron chi connectivity index (χ3n) is 10.3. The fourth-order valence-corrected chi connectivity index (χ4v) is 13.0. The number of carbonyl (C=O) groups is 1. The van der Waals surface area contributed by atoms with Gasteiger partial charge in [0, 0.05) is 23.9 Å². The Hall–Kier alpha value is -1.97. The van der Waals surface area contributed by atoms with E-state index < -0.39 is 8.32 Å². The predicted octanol–water partition coefficient (Wildman–Crippen LogP) is 7.32. The molecule has 0 bridgehead atoms. The van der Waals surface area contributed by atoms with Gasteiger partial charge in [-0.15, -0.1) is 0 Å². The van der Waals surface area contributed by atoms with Gasteiger partial charge in [-0.25, -0.2) is 0 Å². The molecule has 198 valence electrons. The van der Waals surface area contributed by atoms with Crippen molar-refractivity contribution < 1.29 is 9.22 Å². The van der Waals surface area contributed by atoms with Crippen molar-refractivity contribution in [2.75, 3.05) is 6.61 Å². The molecule has 0 heterocycles. The summed E-state index contributed by atoms with van der Waals surface area (Å²) in [4.78, 5) is 13.3. The Balaban J connectivity index is 1.59. The van der Waals surface area contributed by atoms with Gasteiger partial charge in [-0.05, 0) is 65.3 Å². The van der Waals surface area contributed by atoms with Crippen molar-refractivity contribution in [1.29, 1.82) is 0 Å². The number of benzene rings is 2. The highest BCUT2D eigenvalue weighted by Gasteiger charge is 2.61. The first-order chi connectivity index (χ1) is 17.6. The molecule has 0 amide bonds. The zero-order valence-corrected chi connectivity index (χ0v) is 24.8. The maximum absolute atomic E-state index is 13.3. The van der Waals surface area contributed by atoms with Crippen LogP contribution in [0.4, 0.5) is 0 Å². The number of Topliss-reactive ketones (excluding diaryl/α,β-unsaturated/α-hetero) is 1. The van der Waals surface area contributed by atoms with Crippen LogP contribution < -0.4 is 10.4 Å². The molecular weight excluding hydrogens is 468 g/mol. The Labute approximate surface area is 226 Å². The molecule has 4 atom stereocenters. The molecule has 2 fully saturated rings. The smallest absolute Gasteiger partial charge is 0.261 e. The standard InChI is InChI=1S/C34H46O2Si/c1-25(2)28-20-21-34(23-22-33(6)29(31(28)34)18-13-19-30(33)35)24-36-37(32(3,4)5,26-14-9-7-10-15-26)27-16-11-8-12-17-27/h7-12,14-17,20,25,29,31H,13,18-19,21-24H2,1-6H3/t29-,31+,33-,34-/m1/s1. The number of hydrogen-bond acceptors (Lipinski definition) is 2. The third-order valence-corrected chi connectivity index (χ3v) is 15.3. The molecule has 3 heteroatoms. The lowest BCUT2D eigenvalue weighted by atomic mass is 9.48. The Kier molecular flexibility index (Phi) is 6.94. The van der Waals surface area contributed by atoms with Gasteiger partial charge in [0.2, 0.25) is 0 Å². The van der Waals surface area contributed by atoms with E-state index in [1.807, 2.05) is 0 Å². The first kappa shape index (κ1) is 26.6. The summed E-state index contributed by atoms with van der Waals surface area (Å²) in [6.07, 6.45) is 8.73. The zero-order chi connectivity index (χ0) is 26.5. The lowest BCUT2D eigenvalue weighted by Gasteiger charge is -2.56. The maximum atomic E-state index is 13.3. The molecule has 2 aromatic carbocycles. The van der Waals surface area contributed by atoms with E-state index in [9.17, 15) is 4.79 Å². The largest absolute Gasteiger partial charge is 0.407 e. The minimum atomic E-state index is -2.61. The quantitative estimate of drug-likeness (QED) is 0.298. The van der Waals surface area contributed by atoms with E-state index in [1.54, 1.807) is 5.57 Å². The minimum absolute atomic E-state index is 0.0290. The van der Waals surface area contributed by atoms with Crippen LogP contribution in [0.2, 0.25) is 5.04 Å². The lowest BCUT2D eigenvalue weighted by molar-refractivity contribution is -0.145. The average molecular weight is 515 g/mol. The van der Waals surface area contributed by atoms with Gasteiger partial charge in [0.25, 0.3) is 8.32 Å². The van der Waals surface area contributed by atoms with E-state index >= 15 is 0 Å². The molecule has 2 nitrogen and oxygen atoms in total. The summed E-state index contributed by atoms with van der Waals surface area (Å²) in [5.41, 5.74) is 1.52. The van der Waals surface area contributed by atoms with Crippen LogP contribution in [0.3, 0.4) is 0 Å². The summed E-state index contributed by atoms with van der Waals surface area (Å²) < 4.78 is 7.60. The summed E-state index contributed by atoms with van der Waals surface area (Å²) in [6.45, 7) is 14.9. The summed E-state index contributed by atoms with van der Waals surface area (Å²) in [7, 11) is -2.61. The van der Waals surface area contributed by atoms with Crippen LogP contribution in [-0.4, -0.2) is 20.7 Å². The van der Waals surface area contributed by atoms with Gasteiger partial charge >= 0.3 is 0 Å². The van der Waals surface area contributed by atoms with Crippen molar-refractivity contribution in [3.63, 3.8) is 0 Å². The second-order valence-electron chi connectivity index (χ2n) is 13.7. The number of allylic oxidation sites excluding steroid dienone is 2. The number of ketones is 1. The third kappa shape index (κ3) is 4.21. The van der Waals surface area contributed by atoms with Crippen molar-refractivity contribution >= 4 is 24.5 Å². The van der Waals surface area contributed by atoms with Crippen LogP contribution in [0.15, 0.2) is 72.3 Å². The lowest BCUT2D eigenvalue weighted by Crippen LogP contribution is -2.67. The molecule has 0 unspecified atom stereocenters. The van der Waals surface area contributed by atoms with Gasteiger partial charge in [-0.1, -0.05) is 114 Å². The van der Waals surface area contributed by atoms with Crippen molar-refractivity contribution in [3.8, 4) is 0 Å². The van der Waals surface area contributed by atoms with Crippen molar-refractivity contribution in [1.82, 2.24) is 0 Å². The van der Waals surface area contributed by atoms with Gasteiger partial charge in [0.1, 0.15) is 5.78 Å². The first-order valence-electron chi connectivity index (χ1n) is 14.5. The minimum Gasteiger partial charge on any atom is -0.407 e. The van der Waals surface area contributed by atoms with E-state index in [2.05, 4.69) is 108 Å². The molecule has 37 heavy (non-hydrogen) atoms. The van der Waals surface area contributed by atoms with Gasteiger partial charge in [-0.3, -0.25) is 4.79 Å². The first-order valence-corrected chi connectivity index (χ1v) is 16.4. The molecule has 3 aliphatic carbocycles. The topological polar surface area (TPSA) is 26.3 Å². The van der Waals surface area contributed by atoms with E-state index in [0.717, 1.165) is 38.7 Å². The Morgan fingerprint density at radius 1 is 0.973 bits per heavy atom. The molecule has 0 N–H and O–H groups in total. The van der Waals surface area contributed by atoms with Crippen LogP contribution in [0.25, 0.3) is 0 Å². The van der Waals surface area contributed by atoms with Crippen LogP contribution in [-0.2, 0) is 9.22 Å². The number of fused-ring (bicyclic) bond motifs is 3. The van der Waals surface area contributed by atoms with Crippen LogP contribution >= 0.6 is 0 Å². The monoisotopic (exact) mass is 514 g/mol. The molecule has 0 saturated heterocycles. The fourth-order valence-electron chi connectivity index (χ4n) is 8.34.